The van der Waals surface area contributed by atoms with Crippen LogP contribution in [0.4, 0.5) is 0 Å². The molecule has 0 bridgehead atoms. The highest BCUT2D eigenvalue weighted by Crippen LogP contribution is 2.19. The summed E-state index contributed by atoms with van der Waals surface area (Å²) in [4.78, 5) is 0. The van der Waals surface area contributed by atoms with E-state index in [2.05, 4.69) is 0 Å². The molecule has 3 atom stereocenters. The first-order chi connectivity index (χ1) is 6.77. The lowest BCUT2D eigenvalue weighted by Gasteiger charge is -2.12. The van der Waals surface area contributed by atoms with Gasteiger partial charge in [-0.25, -0.2) is 0 Å². The molecule has 0 radical (unpaired) electrons. The second-order valence-electron chi connectivity index (χ2n) is 3.06. The Morgan fingerprint density at radius 2 is 2.14 bits per heavy atom. The predicted molar refractivity (Wildman–Crippen MR) is 55.9 cm³/mol. The van der Waals surface area contributed by atoms with E-state index in [0.29, 0.717) is 13.0 Å². The van der Waals surface area contributed by atoms with Gasteiger partial charge in [0.05, 0.1) is 12.7 Å². The Hall–Kier alpha value is -0.160. The number of ether oxygens (including phenoxy) is 2. The Kier molecular flexibility index (Phi) is 8.08. The van der Waals surface area contributed by atoms with E-state index in [1.165, 1.54) is 0 Å². The molecule has 3 N–H and O–H groups in total. The van der Waals surface area contributed by atoms with Crippen molar-refractivity contribution in [2.24, 2.45) is 5.73 Å². The standard InChI is InChI=1S/C8H17NO3.C2H6/c1-2-3-11-8-4-6(9)7(5-10)12-8;1-2/h6-8,10H,2-5,9H2,1H3;1-2H3/t6?,7-,8-;/m1./s1. The van der Waals surface area contributed by atoms with E-state index in [4.69, 9.17) is 20.3 Å². The number of hydrogen-bond acceptors (Lipinski definition) is 4. The Balaban J connectivity index is 0.000000791. The van der Waals surface area contributed by atoms with Crippen molar-refractivity contribution >= 4 is 0 Å². The van der Waals surface area contributed by atoms with Crippen LogP contribution in [0.1, 0.15) is 33.6 Å². The molecule has 0 saturated carbocycles. The van der Waals surface area contributed by atoms with Crippen molar-refractivity contribution < 1.29 is 14.6 Å². The van der Waals surface area contributed by atoms with E-state index < -0.39 is 0 Å². The fourth-order valence-corrected chi connectivity index (χ4v) is 1.26. The topological polar surface area (TPSA) is 64.7 Å². The number of hydrogen-bond donors (Lipinski definition) is 2. The van der Waals surface area contributed by atoms with Crippen LogP contribution >= 0.6 is 0 Å². The van der Waals surface area contributed by atoms with Crippen molar-refractivity contribution in [2.45, 2.75) is 52.0 Å². The van der Waals surface area contributed by atoms with Crippen molar-refractivity contribution in [1.29, 1.82) is 0 Å². The van der Waals surface area contributed by atoms with E-state index in [9.17, 15) is 0 Å². The molecule has 1 heterocycles. The summed E-state index contributed by atoms with van der Waals surface area (Å²) in [6.07, 6.45) is 1.20. The number of nitrogens with two attached hydrogens (primary N) is 1. The molecule has 1 rings (SSSR count). The molecule has 0 aromatic heterocycles. The van der Waals surface area contributed by atoms with Crippen LogP contribution in [0.5, 0.6) is 0 Å². The molecule has 1 unspecified atom stereocenters. The van der Waals surface area contributed by atoms with E-state index >= 15 is 0 Å². The molecule has 4 nitrogen and oxygen atoms in total. The van der Waals surface area contributed by atoms with Crippen molar-refractivity contribution in [3.63, 3.8) is 0 Å². The number of aliphatic hydroxyl groups excluding tert-OH is 1. The van der Waals surface area contributed by atoms with Gasteiger partial charge in [-0.1, -0.05) is 20.8 Å². The van der Waals surface area contributed by atoms with Gasteiger partial charge in [-0.05, 0) is 6.42 Å². The maximum Gasteiger partial charge on any atom is 0.159 e. The van der Waals surface area contributed by atoms with Gasteiger partial charge in [-0.3, -0.25) is 0 Å². The van der Waals surface area contributed by atoms with Crippen molar-refractivity contribution in [1.82, 2.24) is 0 Å². The van der Waals surface area contributed by atoms with Gasteiger partial charge in [0.25, 0.3) is 0 Å². The predicted octanol–water partition coefficient (Wildman–Crippen LogP) is 0.874. The first-order valence-corrected chi connectivity index (χ1v) is 5.41. The lowest BCUT2D eigenvalue weighted by atomic mass is 10.1. The van der Waals surface area contributed by atoms with Crippen LogP contribution in [-0.2, 0) is 9.47 Å². The Morgan fingerprint density at radius 1 is 1.50 bits per heavy atom. The molecule has 4 heteroatoms. The normalized spacial score (nSPS) is 31.1. The van der Waals surface area contributed by atoms with Gasteiger partial charge in [-0.2, -0.15) is 0 Å². The van der Waals surface area contributed by atoms with Crippen molar-refractivity contribution in [3.05, 3.63) is 0 Å². The van der Waals surface area contributed by atoms with Crippen LogP contribution in [0.2, 0.25) is 0 Å². The minimum absolute atomic E-state index is 0.0207. The molecule has 1 aliphatic heterocycles. The van der Waals surface area contributed by atoms with Crippen LogP contribution in [-0.4, -0.2) is 36.8 Å². The molecule has 14 heavy (non-hydrogen) atoms. The largest absolute Gasteiger partial charge is 0.394 e. The van der Waals surface area contributed by atoms with Crippen molar-refractivity contribution in [2.75, 3.05) is 13.2 Å². The first kappa shape index (κ1) is 13.8. The molecule has 1 fully saturated rings. The molecule has 0 spiro atoms. The maximum absolute atomic E-state index is 8.82. The minimum atomic E-state index is -0.244. The Bertz CT molecular complexity index is 133. The zero-order valence-electron chi connectivity index (χ0n) is 9.40. The molecule has 1 saturated heterocycles. The summed E-state index contributed by atoms with van der Waals surface area (Å²) in [5, 5.41) is 8.82. The third kappa shape index (κ3) is 4.37. The maximum atomic E-state index is 8.82. The van der Waals surface area contributed by atoms with Crippen LogP contribution < -0.4 is 5.73 Å². The van der Waals surface area contributed by atoms with Crippen molar-refractivity contribution in [3.8, 4) is 0 Å². The average Bonchev–Trinajstić information content (AvgIpc) is 2.59. The Labute approximate surface area is 86.4 Å². The third-order valence-electron chi connectivity index (χ3n) is 1.96. The highest BCUT2D eigenvalue weighted by molar-refractivity contribution is 4.80. The van der Waals surface area contributed by atoms with Crippen LogP contribution in [0.15, 0.2) is 0 Å². The fraction of sp³-hybridized carbons (Fsp3) is 1.00. The molecular formula is C10H23NO3. The molecule has 0 aromatic rings. The van der Waals surface area contributed by atoms with Gasteiger partial charge in [0.2, 0.25) is 0 Å². The summed E-state index contributed by atoms with van der Waals surface area (Å²) in [5.74, 6) is 0. The lowest BCUT2D eigenvalue weighted by molar-refractivity contribution is -0.140. The van der Waals surface area contributed by atoms with E-state index in [1.54, 1.807) is 0 Å². The molecule has 1 aliphatic rings. The zero-order valence-corrected chi connectivity index (χ0v) is 9.40. The summed E-state index contributed by atoms with van der Waals surface area (Å²) >= 11 is 0. The zero-order chi connectivity index (χ0) is 11.0. The van der Waals surface area contributed by atoms with Gasteiger partial charge < -0.3 is 20.3 Å². The van der Waals surface area contributed by atoms with Gasteiger partial charge in [0.1, 0.15) is 0 Å². The molecular weight excluding hydrogens is 182 g/mol. The Morgan fingerprint density at radius 3 is 2.57 bits per heavy atom. The van der Waals surface area contributed by atoms with Gasteiger partial charge in [0.15, 0.2) is 6.29 Å². The van der Waals surface area contributed by atoms with E-state index in [0.717, 1.165) is 6.42 Å². The lowest BCUT2D eigenvalue weighted by Crippen LogP contribution is -2.32. The second kappa shape index (κ2) is 8.17. The summed E-state index contributed by atoms with van der Waals surface area (Å²) in [6.45, 7) is 6.71. The number of rotatable bonds is 4. The first-order valence-electron chi connectivity index (χ1n) is 5.41. The fourth-order valence-electron chi connectivity index (χ4n) is 1.26. The van der Waals surface area contributed by atoms with Crippen LogP contribution in [0, 0.1) is 0 Å². The molecule has 86 valence electrons. The highest BCUT2D eigenvalue weighted by atomic mass is 16.7. The average molecular weight is 205 g/mol. The quantitative estimate of drug-likeness (QED) is 0.715. The summed E-state index contributed by atoms with van der Waals surface area (Å²) in [7, 11) is 0. The van der Waals surface area contributed by atoms with Gasteiger partial charge >= 0.3 is 0 Å². The minimum Gasteiger partial charge on any atom is -0.394 e. The molecule has 0 aromatic carbocycles. The van der Waals surface area contributed by atoms with E-state index in [1.807, 2.05) is 20.8 Å². The van der Waals surface area contributed by atoms with Crippen LogP contribution in [0.25, 0.3) is 0 Å². The SMILES string of the molecule is CC.CCCO[C@H]1CC(N)[C@@H](CO)O1. The summed E-state index contributed by atoms with van der Waals surface area (Å²) in [5.41, 5.74) is 5.69. The van der Waals surface area contributed by atoms with Gasteiger partial charge in [0, 0.05) is 19.1 Å². The molecule has 0 aliphatic carbocycles. The second-order valence-corrected chi connectivity index (χ2v) is 3.06. The third-order valence-corrected chi connectivity index (χ3v) is 1.96. The monoisotopic (exact) mass is 205 g/mol. The van der Waals surface area contributed by atoms with E-state index in [-0.39, 0.29) is 25.0 Å². The smallest absolute Gasteiger partial charge is 0.159 e. The summed E-state index contributed by atoms with van der Waals surface area (Å²) in [6, 6.07) is -0.0862. The molecule has 0 amide bonds. The highest BCUT2D eigenvalue weighted by Gasteiger charge is 2.32. The number of aliphatic hydroxyl groups is 1. The van der Waals surface area contributed by atoms with Crippen LogP contribution in [0.3, 0.4) is 0 Å². The van der Waals surface area contributed by atoms with Gasteiger partial charge in [-0.15, -0.1) is 0 Å². The summed E-state index contributed by atoms with van der Waals surface area (Å²) < 4.78 is 10.7.